The lowest BCUT2D eigenvalue weighted by atomic mass is 9.91. The third-order valence-electron chi connectivity index (χ3n) is 13.8. The molecule has 12 nitrogen and oxygen atoms in total. The van der Waals surface area contributed by atoms with Crippen LogP contribution in [0.3, 0.4) is 0 Å². The molecular weight excluding hydrogens is 916 g/mol. The van der Waals surface area contributed by atoms with Gasteiger partial charge in [0.05, 0.1) is 23.3 Å². The summed E-state index contributed by atoms with van der Waals surface area (Å²) in [5.41, 5.74) is 21.0. The minimum atomic E-state index is -0.607. The van der Waals surface area contributed by atoms with E-state index in [0.29, 0.717) is 54.5 Å². The van der Waals surface area contributed by atoms with Gasteiger partial charge in [-0.25, -0.2) is 0 Å². The number of esters is 2. The summed E-state index contributed by atoms with van der Waals surface area (Å²) in [4.78, 5) is 29.6. The number of rotatable bonds is 20. The summed E-state index contributed by atoms with van der Waals surface area (Å²) in [6.07, 6.45) is 4.22. The maximum Gasteiger partial charge on any atom is 0.323 e. The number of hydrogen-bond donors (Lipinski definition) is 2. The lowest BCUT2D eigenvalue weighted by molar-refractivity contribution is -0.155. The van der Waals surface area contributed by atoms with Gasteiger partial charge >= 0.3 is 11.9 Å². The molecule has 4 aromatic rings. The molecule has 4 N–H and O–H groups in total. The summed E-state index contributed by atoms with van der Waals surface area (Å²) in [6.45, 7) is 19.6. The van der Waals surface area contributed by atoms with Crippen LogP contribution in [0, 0.1) is 18.8 Å². The number of ether oxygens (including phenoxy) is 6. The Morgan fingerprint density at radius 3 is 1.65 bits per heavy atom. The van der Waals surface area contributed by atoms with Gasteiger partial charge in [0.2, 0.25) is 0 Å². The van der Waals surface area contributed by atoms with Crippen LogP contribution in [0.4, 0.5) is 0 Å². The van der Waals surface area contributed by atoms with Gasteiger partial charge in [0, 0.05) is 62.5 Å². The Hall–Kier alpha value is -4.56. The van der Waals surface area contributed by atoms with Crippen LogP contribution in [0.1, 0.15) is 113 Å². The number of nitrogens with zero attached hydrogens (tertiary/aromatic N) is 2. The molecule has 0 amide bonds. The predicted octanol–water partition coefficient (Wildman–Crippen LogP) is 10.4. The maximum absolute atomic E-state index is 12.5. The number of likely N-dealkylation sites (tertiary alicyclic amines) is 2. The van der Waals surface area contributed by atoms with E-state index in [1.165, 1.54) is 11.1 Å². The third kappa shape index (κ3) is 13.1. The number of piperidine rings is 2. The van der Waals surface area contributed by atoms with Crippen LogP contribution in [0.15, 0.2) is 60.7 Å². The molecule has 1 unspecified atom stereocenters. The fourth-order valence-corrected chi connectivity index (χ4v) is 9.96. The van der Waals surface area contributed by atoms with Crippen molar-refractivity contribution in [3.05, 3.63) is 104 Å². The molecule has 14 heteroatoms. The van der Waals surface area contributed by atoms with Gasteiger partial charge in [0.15, 0.2) is 0 Å². The zero-order valence-corrected chi connectivity index (χ0v) is 43.0. The number of fused-ring (bicyclic) bond motifs is 1. The topological polar surface area (TPSA) is 148 Å². The van der Waals surface area contributed by atoms with Crippen LogP contribution in [-0.4, -0.2) is 85.4 Å². The lowest BCUT2D eigenvalue weighted by Gasteiger charge is -2.32. The summed E-state index contributed by atoms with van der Waals surface area (Å²) >= 11 is 13.9. The van der Waals surface area contributed by atoms with Crippen LogP contribution >= 0.6 is 23.2 Å². The van der Waals surface area contributed by atoms with Crippen molar-refractivity contribution >= 4 is 35.1 Å². The highest BCUT2D eigenvalue weighted by molar-refractivity contribution is 6.32. The molecule has 0 spiro atoms. The Labute approximate surface area is 419 Å². The molecule has 7 rings (SSSR count). The first-order valence-electron chi connectivity index (χ1n) is 24.9. The number of carbonyl (C=O) groups is 2. The van der Waals surface area contributed by atoms with E-state index in [1.54, 1.807) is 0 Å². The normalized spacial score (nSPS) is 18.0. The van der Waals surface area contributed by atoms with E-state index in [9.17, 15) is 9.59 Å². The molecule has 2 aliphatic heterocycles. The van der Waals surface area contributed by atoms with Gasteiger partial charge in [-0.15, -0.1) is 0 Å². The summed E-state index contributed by atoms with van der Waals surface area (Å²) in [5.74, 6) is 2.07. The molecule has 4 aromatic carbocycles. The first-order chi connectivity index (χ1) is 33.1. The zero-order chi connectivity index (χ0) is 49.4. The first-order valence-corrected chi connectivity index (χ1v) is 25.7. The van der Waals surface area contributed by atoms with E-state index in [0.717, 1.165) is 110 Å². The second-order valence-corrected chi connectivity index (χ2v) is 20.2. The van der Waals surface area contributed by atoms with Crippen LogP contribution in [0.2, 0.25) is 10.0 Å². The molecule has 0 radical (unpaired) electrons. The molecule has 2 heterocycles. The van der Waals surface area contributed by atoms with Gasteiger partial charge in [-0.2, -0.15) is 0 Å². The predicted molar refractivity (Wildman–Crippen MR) is 272 cm³/mol. The Morgan fingerprint density at radius 1 is 0.638 bits per heavy atom. The standard InChI is InChI=1S/C55H72Cl2N4O8/c1-8-64-48-28-50(45(56)26-37(48)30-60-22-18-39(19-23-60)67-54(62)52(58)33(3)4)66-32-36-12-10-13-41(35(36)7)42-14-11-15-44-43(42)16-17-47(44)69-51-29-49(65-9-2)38(27-46(51)57)31-61-24-20-40(21-25-61)68-55(63)53(59)34(5)6/h10-15,26-29,33-34,39-40,47,52-53H,8-9,16-25,30-32,58-59H2,1-7H3/t47-,52?,53-/m0/s1. The highest BCUT2D eigenvalue weighted by Crippen LogP contribution is 2.44. The minimum absolute atomic E-state index is 0.0329. The van der Waals surface area contributed by atoms with Crippen molar-refractivity contribution < 1.29 is 38.0 Å². The number of carbonyl (C=O) groups excluding carboxylic acids is 2. The monoisotopic (exact) mass is 986 g/mol. The quantitative estimate of drug-likeness (QED) is 0.0812. The first kappa shape index (κ1) is 52.3. The molecule has 3 aliphatic rings. The molecule has 69 heavy (non-hydrogen) atoms. The van der Waals surface area contributed by atoms with Crippen molar-refractivity contribution in [2.24, 2.45) is 23.3 Å². The Bertz CT molecular complexity index is 2400. The van der Waals surface area contributed by atoms with E-state index in [4.69, 9.17) is 63.1 Å². The molecule has 0 bridgehead atoms. The molecule has 3 atom stereocenters. The molecule has 374 valence electrons. The molecule has 2 saturated heterocycles. The van der Waals surface area contributed by atoms with Crippen LogP contribution in [0.5, 0.6) is 23.0 Å². The van der Waals surface area contributed by atoms with Crippen LogP contribution in [-0.2, 0) is 45.2 Å². The summed E-state index contributed by atoms with van der Waals surface area (Å²) in [6, 6.07) is 19.4. The van der Waals surface area contributed by atoms with Crippen molar-refractivity contribution in [1.29, 1.82) is 0 Å². The number of hydrogen-bond acceptors (Lipinski definition) is 12. The van der Waals surface area contributed by atoms with Crippen LogP contribution < -0.4 is 30.4 Å². The molecular formula is C55H72Cl2N4O8. The van der Waals surface area contributed by atoms with E-state index < -0.39 is 12.1 Å². The van der Waals surface area contributed by atoms with E-state index in [-0.39, 0.29) is 42.1 Å². The maximum atomic E-state index is 12.5. The van der Waals surface area contributed by atoms with Gasteiger partial charge in [-0.05, 0) is 117 Å². The Kier molecular flexibility index (Phi) is 18.2. The van der Waals surface area contributed by atoms with Crippen LogP contribution in [0.25, 0.3) is 11.1 Å². The Balaban J connectivity index is 0.985. The Morgan fingerprint density at radius 2 is 1.13 bits per heavy atom. The summed E-state index contributed by atoms with van der Waals surface area (Å²) in [5, 5.41) is 1.06. The van der Waals surface area contributed by atoms with E-state index in [1.807, 2.05) is 65.8 Å². The van der Waals surface area contributed by atoms with Crippen molar-refractivity contribution in [3.8, 4) is 34.1 Å². The lowest BCUT2D eigenvalue weighted by Crippen LogP contribution is -2.42. The largest absolute Gasteiger partial charge is 0.493 e. The molecule has 2 fully saturated rings. The van der Waals surface area contributed by atoms with Gasteiger partial charge in [-0.3, -0.25) is 19.4 Å². The second kappa shape index (κ2) is 24.0. The van der Waals surface area contributed by atoms with Gasteiger partial charge in [-0.1, -0.05) is 87.3 Å². The SMILES string of the molecule is CCOc1cc(OCc2cccc(-c3cccc4c3CC[C@@H]4Oc3cc(OCC)c(CN4CCC(OC(=O)[C@@H](N)C(C)C)CC4)cc3Cl)c2C)c(Cl)cc1CN1CCC(OC(=O)C(N)C(C)C)CC1. The van der Waals surface area contributed by atoms with Gasteiger partial charge in [0.1, 0.15) is 60.0 Å². The van der Waals surface area contributed by atoms with Gasteiger partial charge < -0.3 is 39.9 Å². The average Bonchev–Trinajstić information content (AvgIpc) is 3.74. The number of halogens is 2. The van der Waals surface area contributed by atoms with Crippen molar-refractivity contribution in [1.82, 2.24) is 9.80 Å². The third-order valence-corrected chi connectivity index (χ3v) is 14.4. The minimum Gasteiger partial charge on any atom is -0.493 e. The molecule has 1 aliphatic carbocycles. The number of benzene rings is 4. The van der Waals surface area contributed by atoms with Crippen molar-refractivity contribution in [2.45, 2.75) is 137 Å². The van der Waals surface area contributed by atoms with Crippen molar-refractivity contribution in [2.75, 3.05) is 39.4 Å². The van der Waals surface area contributed by atoms with Crippen molar-refractivity contribution in [3.63, 3.8) is 0 Å². The van der Waals surface area contributed by atoms with Gasteiger partial charge in [0.25, 0.3) is 0 Å². The fourth-order valence-electron chi connectivity index (χ4n) is 9.49. The second-order valence-electron chi connectivity index (χ2n) is 19.4. The zero-order valence-electron chi connectivity index (χ0n) is 41.5. The number of nitrogens with two attached hydrogens (primary N) is 2. The summed E-state index contributed by atoms with van der Waals surface area (Å²) < 4.78 is 37.0. The highest BCUT2D eigenvalue weighted by atomic mass is 35.5. The smallest absolute Gasteiger partial charge is 0.323 e. The molecule has 0 saturated carbocycles. The molecule has 0 aromatic heterocycles. The van der Waals surface area contributed by atoms with E-state index in [2.05, 4.69) is 53.1 Å². The van der Waals surface area contributed by atoms with E-state index >= 15 is 0 Å². The fraction of sp³-hybridized carbons (Fsp3) is 0.527. The summed E-state index contributed by atoms with van der Waals surface area (Å²) in [7, 11) is 0. The average molecular weight is 988 g/mol. The highest BCUT2D eigenvalue weighted by Gasteiger charge is 2.31.